The van der Waals surface area contributed by atoms with Gasteiger partial charge in [-0.15, -0.1) is 0 Å². The van der Waals surface area contributed by atoms with Crippen molar-refractivity contribution in [2.75, 3.05) is 25.2 Å². The lowest BCUT2D eigenvalue weighted by molar-refractivity contribution is 0.0794. The Kier molecular flexibility index (Phi) is 8.07. The van der Waals surface area contributed by atoms with Crippen molar-refractivity contribution in [2.45, 2.75) is 26.4 Å². The minimum absolute atomic E-state index is 0.299. The Morgan fingerprint density at radius 3 is 2.58 bits per heavy atom. The first-order chi connectivity index (χ1) is 5.66. The smallest absolute Gasteiger partial charge is 0.0863 e. The summed E-state index contributed by atoms with van der Waals surface area (Å²) in [4.78, 5) is 0. The fourth-order valence-electron chi connectivity index (χ4n) is 0.779. The Balaban J connectivity index is 3.08. The van der Waals surface area contributed by atoms with Gasteiger partial charge in [-0.05, 0) is 18.1 Å². The van der Waals surface area contributed by atoms with Crippen LogP contribution in [0, 0.1) is 5.92 Å². The minimum Gasteiger partial charge on any atom is -0.390 e. The lowest BCUT2D eigenvalue weighted by Gasteiger charge is -2.09. The lowest BCUT2D eigenvalue weighted by Crippen LogP contribution is -2.16. The Morgan fingerprint density at radius 2 is 2.08 bits per heavy atom. The second kappa shape index (κ2) is 7.90. The van der Waals surface area contributed by atoms with Crippen molar-refractivity contribution in [1.82, 2.24) is 0 Å². The Hall–Kier alpha value is 0.270. The summed E-state index contributed by atoms with van der Waals surface area (Å²) in [5.74, 6) is 2.69. The molecule has 0 aliphatic rings. The molecule has 0 aliphatic carbocycles. The van der Waals surface area contributed by atoms with Gasteiger partial charge in [-0.2, -0.15) is 11.8 Å². The standard InChI is InChI=1S/C9H20O2S/c1-8(2)4-5-12-7-9(10)6-11-3/h8-10H,4-7H2,1-3H3. The van der Waals surface area contributed by atoms with Gasteiger partial charge in [-0.1, -0.05) is 13.8 Å². The van der Waals surface area contributed by atoms with Crippen LogP contribution in [0.25, 0.3) is 0 Å². The van der Waals surface area contributed by atoms with Gasteiger partial charge < -0.3 is 9.84 Å². The quantitative estimate of drug-likeness (QED) is 0.623. The first kappa shape index (κ1) is 12.3. The monoisotopic (exact) mass is 192 g/mol. The number of ether oxygens (including phenoxy) is 1. The van der Waals surface area contributed by atoms with E-state index in [9.17, 15) is 5.11 Å². The molecule has 0 rings (SSSR count). The molecular formula is C9H20O2S. The molecule has 0 heterocycles. The summed E-state index contributed by atoms with van der Waals surface area (Å²) >= 11 is 1.80. The molecule has 12 heavy (non-hydrogen) atoms. The van der Waals surface area contributed by atoms with Gasteiger partial charge in [0.1, 0.15) is 0 Å². The lowest BCUT2D eigenvalue weighted by atomic mass is 10.2. The van der Waals surface area contributed by atoms with E-state index >= 15 is 0 Å². The summed E-state index contributed by atoms with van der Waals surface area (Å²) in [6, 6.07) is 0. The molecule has 0 fully saturated rings. The van der Waals surface area contributed by atoms with Crippen LogP contribution < -0.4 is 0 Å². The largest absolute Gasteiger partial charge is 0.390 e. The molecule has 0 spiro atoms. The van der Waals surface area contributed by atoms with Gasteiger partial charge in [0, 0.05) is 12.9 Å². The molecule has 0 radical (unpaired) electrons. The first-order valence-corrected chi connectivity index (χ1v) is 5.57. The third kappa shape index (κ3) is 8.37. The van der Waals surface area contributed by atoms with Crippen molar-refractivity contribution in [3.63, 3.8) is 0 Å². The summed E-state index contributed by atoms with van der Waals surface area (Å²) in [5, 5.41) is 9.27. The van der Waals surface area contributed by atoms with Crippen molar-refractivity contribution >= 4 is 11.8 Å². The second-order valence-electron chi connectivity index (χ2n) is 3.37. The predicted molar refractivity (Wildman–Crippen MR) is 54.7 cm³/mol. The van der Waals surface area contributed by atoms with Crippen LogP contribution >= 0.6 is 11.8 Å². The zero-order valence-electron chi connectivity index (χ0n) is 8.25. The topological polar surface area (TPSA) is 29.5 Å². The summed E-state index contributed by atoms with van der Waals surface area (Å²) in [6.07, 6.45) is 0.928. The van der Waals surface area contributed by atoms with Gasteiger partial charge in [-0.25, -0.2) is 0 Å². The molecule has 2 nitrogen and oxygen atoms in total. The van der Waals surface area contributed by atoms with Crippen LogP contribution in [-0.4, -0.2) is 36.4 Å². The van der Waals surface area contributed by atoms with Gasteiger partial charge in [0.05, 0.1) is 12.7 Å². The highest BCUT2D eigenvalue weighted by Crippen LogP contribution is 2.09. The Morgan fingerprint density at radius 1 is 1.42 bits per heavy atom. The molecule has 0 bridgehead atoms. The SMILES string of the molecule is COCC(O)CSCCC(C)C. The van der Waals surface area contributed by atoms with Crippen LogP contribution in [0.5, 0.6) is 0 Å². The summed E-state index contributed by atoms with van der Waals surface area (Å²) in [7, 11) is 1.61. The number of methoxy groups -OCH3 is 1. The van der Waals surface area contributed by atoms with E-state index in [1.54, 1.807) is 18.9 Å². The van der Waals surface area contributed by atoms with Crippen LogP contribution in [-0.2, 0) is 4.74 Å². The molecule has 3 heteroatoms. The highest BCUT2D eigenvalue weighted by Gasteiger charge is 2.02. The van der Waals surface area contributed by atoms with Crippen molar-refractivity contribution in [3.8, 4) is 0 Å². The van der Waals surface area contributed by atoms with E-state index in [1.165, 1.54) is 6.42 Å². The highest BCUT2D eigenvalue weighted by molar-refractivity contribution is 7.99. The molecule has 1 N–H and O–H groups in total. The summed E-state index contributed by atoms with van der Waals surface area (Å²) < 4.78 is 4.82. The number of hydrogen-bond donors (Lipinski definition) is 1. The van der Waals surface area contributed by atoms with Gasteiger partial charge in [0.2, 0.25) is 0 Å². The van der Waals surface area contributed by atoms with Crippen LogP contribution in [0.2, 0.25) is 0 Å². The molecule has 0 saturated carbocycles. The first-order valence-electron chi connectivity index (χ1n) is 4.41. The van der Waals surface area contributed by atoms with E-state index in [2.05, 4.69) is 13.8 Å². The van der Waals surface area contributed by atoms with Gasteiger partial charge >= 0.3 is 0 Å². The summed E-state index contributed by atoms with van der Waals surface area (Å²) in [5.41, 5.74) is 0. The molecular weight excluding hydrogens is 172 g/mol. The molecule has 0 aromatic carbocycles. The second-order valence-corrected chi connectivity index (χ2v) is 4.52. The maximum absolute atomic E-state index is 9.27. The number of rotatable bonds is 7. The number of aliphatic hydroxyl groups is 1. The van der Waals surface area contributed by atoms with Crippen molar-refractivity contribution in [1.29, 1.82) is 0 Å². The zero-order valence-corrected chi connectivity index (χ0v) is 9.06. The molecule has 1 unspecified atom stereocenters. The van der Waals surface area contributed by atoms with E-state index in [0.717, 1.165) is 17.4 Å². The van der Waals surface area contributed by atoms with Crippen LogP contribution in [0.15, 0.2) is 0 Å². The van der Waals surface area contributed by atoms with Crippen molar-refractivity contribution < 1.29 is 9.84 Å². The Bertz CT molecular complexity index is 96.5. The third-order valence-electron chi connectivity index (χ3n) is 1.51. The molecule has 0 amide bonds. The number of thioether (sulfide) groups is 1. The van der Waals surface area contributed by atoms with E-state index in [4.69, 9.17) is 4.74 Å². The predicted octanol–water partition coefficient (Wildman–Crippen LogP) is 1.77. The fraction of sp³-hybridized carbons (Fsp3) is 1.00. The zero-order chi connectivity index (χ0) is 9.40. The fourth-order valence-corrected chi connectivity index (χ4v) is 1.95. The number of hydrogen-bond acceptors (Lipinski definition) is 3. The normalized spacial score (nSPS) is 13.8. The average molecular weight is 192 g/mol. The van der Waals surface area contributed by atoms with E-state index < -0.39 is 0 Å². The van der Waals surface area contributed by atoms with Crippen LogP contribution in [0.4, 0.5) is 0 Å². The van der Waals surface area contributed by atoms with Crippen LogP contribution in [0.1, 0.15) is 20.3 Å². The molecule has 74 valence electrons. The van der Waals surface area contributed by atoms with E-state index in [0.29, 0.717) is 6.61 Å². The maximum Gasteiger partial charge on any atom is 0.0863 e. The van der Waals surface area contributed by atoms with Crippen molar-refractivity contribution in [2.24, 2.45) is 5.92 Å². The van der Waals surface area contributed by atoms with E-state index in [1.807, 2.05) is 0 Å². The summed E-state index contributed by atoms with van der Waals surface area (Å²) in [6.45, 7) is 4.88. The maximum atomic E-state index is 9.27. The van der Waals surface area contributed by atoms with Crippen molar-refractivity contribution in [3.05, 3.63) is 0 Å². The Labute approximate surface area is 79.7 Å². The van der Waals surface area contributed by atoms with Crippen LogP contribution in [0.3, 0.4) is 0 Å². The number of aliphatic hydroxyl groups excluding tert-OH is 1. The van der Waals surface area contributed by atoms with Gasteiger partial charge in [0.25, 0.3) is 0 Å². The third-order valence-corrected chi connectivity index (χ3v) is 2.65. The van der Waals surface area contributed by atoms with Gasteiger partial charge in [0.15, 0.2) is 0 Å². The molecule has 0 aliphatic heterocycles. The highest BCUT2D eigenvalue weighted by atomic mass is 32.2. The molecule has 0 aromatic rings. The van der Waals surface area contributed by atoms with Gasteiger partial charge in [-0.3, -0.25) is 0 Å². The molecule has 1 atom stereocenters. The average Bonchev–Trinajstić information content (AvgIpc) is 1.98. The van der Waals surface area contributed by atoms with E-state index in [-0.39, 0.29) is 6.10 Å². The molecule has 0 aromatic heterocycles. The molecule has 0 saturated heterocycles. The minimum atomic E-state index is -0.299.